The van der Waals surface area contributed by atoms with Crippen LogP contribution in [0.5, 0.6) is 0 Å². The molecule has 1 saturated heterocycles. The third kappa shape index (κ3) is 2.66. The Morgan fingerprint density at radius 2 is 2.38 bits per heavy atom. The van der Waals surface area contributed by atoms with E-state index in [0.717, 1.165) is 0 Å². The van der Waals surface area contributed by atoms with Crippen LogP contribution in [0, 0.1) is 0 Å². The maximum absolute atomic E-state index is 4.14. The van der Waals surface area contributed by atoms with E-state index in [1.807, 2.05) is 18.5 Å². The van der Waals surface area contributed by atoms with Crippen molar-refractivity contribution in [2.75, 3.05) is 13.6 Å². The van der Waals surface area contributed by atoms with E-state index in [4.69, 9.17) is 0 Å². The molecule has 1 fully saturated rings. The normalized spacial score (nSPS) is 22.7. The molecule has 2 nitrogen and oxygen atoms in total. The Labute approximate surface area is 109 Å². The Morgan fingerprint density at radius 1 is 1.54 bits per heavy atom. The number of likely N-dealkylation sites (tertiary alicyclic amines) is 1. The van der Waals surface area contributed by atoms with Crippen molar-refractivity contribution in [1.82, 2.24) is 9.88 Å². The van der Waals surface area contributed by atoms with Crippen molar-refractivity contribution < 1.29 is 0 Å². The molecule has 2 radical (unpaired) electrons. The van der Waals surface area contributed by atoms with Gasteiger partial charge in [-0.15, -0.1) is 0 Å². The maximum Gasteiger partial charge on any atom is 0.0360 e. The van der Waals surface area contributed by atoms with Gasteiger partial charge in [0.2, 0.25) is 0 Å². The molecule has 0 spiro atoms. The summed E-state index contributed by atoms with van der Waals surface area (Å²) < 4.78 is 0. The van der Waals surface area contributed by atoms with Crippen LogP contribution in [0.25, 0.3) is 0 Å². The molecule has 1 aromatic rings. The second-order valence-corrected chi connectivity index (χ2v) is 3.42. The fourth-order valence-electron chi connectivity index (χ4n) is 1.90. The maximum atomic E-state index is 4.14. The van der Waals surface area contributed by atoms with E-state index >= 15 is 0 Å². The molecule has 0 aromatic carbocycles. The molecule has 0 aliphatic carbocycles. The molecule has 1 aliphatic rings. The Bertz CT molecular complexity index is 250. The molecular formula is C10H14CaN2. The van der Waals surface area contributed by atoms with E-state index in [1.165, 1.54) is 24.9 Å². The summed E-state index contributed by atoms with van der Waals surface area (Å²) in [7, 11) is 2.19. The summed E-state index contributed by atoms with van der Waals surface area (Å²) in [6.45, 7) is 1.22. The van der Waals surface area contributed by atoms with Gasteiger partial charge < -0.3 is 0 Å². The summed E-state index contributed by atoms with van der Waals surface area (Å²) in [5.41, 5.74) is 1.36. The van der Waals surface area contributed by atoms with Gasteiger partial charge in [0.05, 0.1) is 0 Å². The van der Waals surface area contributed by atoms with Gasteiger partial charge in [-0.05, 0) is 38.1 Å². The van der Waals surface area contributed by atoms with Crippen molar-refractivity contribution in [3.63, 3.8) is 0 Å². The van der Waals surface area contributed by atoms with Crippen molar-refractivity contribution in [3.8, 4) is 0 Å². The zero-order valence-electron chi connectivity index (χ0n) is 8.11. The Morgan fingerprint density at radius 3 is 2.92 bits per heavy atom. The third-order valence-corrected chi connectivity index (χ3v) is 2.59. The Kier molecular flexibility index (Phi) is 4.67. The van der Waals surface area contributed by atoms with E-state index in [1.54, 1.807) is 0 Å². The van der Waals surface area contributed by atoms with E-state index < -0.39 is 0 Å². The van der Waals surface area contributed by atoms with E-state index in [0.29, 0.717) is 6.04 Å². The third-order valence-electron chi connectivity index (χ3n) is 2.59. The summed E-state index contributed by atoms with van der Waals surface area (Å²) in [5, 5.41) is 0. The van der Waals surface area contributed by atoms with Gasteiger partial charge in [-0.1, -0.05) is 6.07 Å². The van der Waals surface area contributed by atoms with Crippen molar-refractivity contribution in [2.45, 2.75) is 18.9 Å². The molecule has 2 rings (SSSR count). The molecular weight excluding hydrogens is 188 g/mol. The molecule has 1 aliphatic heterocycles. The largest absolute Gasteiger partial charge is 0.299 e. The number of aromatic nitrogens is 1. The topological polar surface area (TPSA) is 16.1 Å². The summed E-state index contributed by atoms with van der Waals surface area (Å²) in [6.07, 6.45) is 6.41. The molecule has 0 amide bonds. The minimum Gasteiger partial charge on any atom is -0.299 e. The van der Waals surface area contributed by atoms with Crippen LogP contribution in [0.1, 0.15) is 24.4 Å². The van der Waals surface area contributed by atoms with Gasteiger partial charge in [0, 0.05) is 56.2 Å². The van der Waals surface area contributed by atoms with Crippen LogP contribution in [-0.4, -0.2) is 61.2 Å². The van der Waals surface area contributed by atoms with E-state index in [2.05, 4.69) is 23.0 Å². The van der Waals surface area contributed by atoms with Crippen LogP contribution in [0.2, 0.25) is 0 Å². The first-order valence-electron chi connectivity index (χ1n) is 4.48. The second kappa shape index (κ2) is 5.30. The number of hydrogen-bond donors (Lipinski definition) is 0. The van der Waals surface area contributed by atoms with Crippen LogP contribution in [0.15, 0.2) is 24.5 Å². The number of pyridine rings is 1. The Hall–Kier alpha value is 0.370. The predicted molar refractivity (Wildman–Crippen MR) is 54.6 cm³/mol. The van der Waals surface area contributed by atoms with Crippen LogP contribution in [-0.2, 0) is 0 Å². The van der Waals surface area contributed by atoms with Crippen molar-refractivity contribution in [1.29, 1.82) is 0 Å². The minimum atomic E-state index is 0. The first kappa shape index (κ1) is 11.4. The zero-order chi connectivity index (χ0) is 8.39. The van der Waals surface area contributed by atoms with Gasteiger partial charge in [0.1, 0.15) is 0 Å². The molecule has 0 N–H and O–H groups in total. The second-order valence-electron chi connectivity index (χ2n) is 3.42. The van der Waals surface area contributed by atoms with Crippen molar-refractivity contribution in [2.24, 2.45) is 0 Å². The molecule has 13 heavy (non-hydrogen) atoms. The Balaban J connectivity index is 0.000000845. The fraction of sp³-hybridized carbons (Fsp3) is 0.500. The molecule has 66 valence electrons. The van der Waals surface area contributed by atoms with Crippen molar-refractivity contribution >= 4 is 37.7 Å². The number of nitrogens with zero attached hydrogens (tertiary/aromatic N) is 2. The fourth-order valence-corrected chi connectivity index (χ4v) is 1.90. The predicted octanol–water partition coefficient (Wildman–Crippen LogP) is 1.47. The summed E-state index contributed by atoms with van der Waals surface area (Å²) in [5.74, 6) is 0. The molecule has 0 bridgehead atoms. The smallest absolute Gasteiger partial charge is 0.0360 e. The van der Waals surface area contributed by atoms with Crippen LogP contribution < -0.4 is 0 Å². The average Bonchev–Trinajstić information content (AvgIpc) is 2.53. The minimum absolute atomic E-state index is 0. The number of rotatable bonds is 1. The van der Waals surface area contributed by atoms with E-state index in [-0.39, 0.29) is 37.7 Å². The molecule has 0 saturated carbocycles. The molecule has 1 unspecified atom stereocenters. The first-order valence-corrected chi connectivity index (χ1v) is 4.48. The monoisotopic (exact) mass is 202 g/mol. The molecule has 1 aromatic heterocycles. The standard InChI is InChI=1S/C10H14N2.Ca/c1-12-7-3-5-10(12)9-4-2-6-11-8-9;/h2,4,6,8,10H,3,5,7H2,1H3;. The zero-order valence-corrected chi connectivity index (χ0v) is 10.3. The molecule has 1 atom stereocenters. The van der Waals surface area contributed by atoms with Crippen molar-refractivity contribution in [3.05, 3.63) is 30.1 Å². The summed E-state index contributed by atoms with van der Waals surface area (Å²) in [4.78, 5) is 6.54. The SMILES string of the molecule is CN1CCCC1c1cccnc1.[Ca]. The van der Waals surface area contributed by atoms with Crippen LogP contribution in [0.3, 0.4) is 0 Å². The summed E-state index contributed by atoms with van der Waals surface area (Å²) in [6, 6.07) is 4.79. The van der Waals surface area contributed by atoms with Gasteiger partial charge in [-0.3, -0.25) is 9.88 Å². The first-order chi connectivity index (χ1) is 5.88. The molecule has 3 heteroatoms. The van der Waals surface area contributed by atoms with Gasteiger partial charge in [0.15, 0.2) is 0 Å². The van der Waals surface area contributed by atoms with Gasteiger partial charge in [-0.2, -0.15) is 0 Å². The molecule has 2 heterocycles. The van der Waals surface area contributed by atoms with Crippen LogP contribution >= 0.6 is 0 Å². The van der Waals surface area contributed by atoms with E-state index in [9.17, 15) is 0 Å². The average molecular weight is 202 g/mol. The van der Waals surface area contributed by atoms with Gasteiger partial charge >= 0.3 is 0 Å². The summed E-state index contributed by atoms with van der Waals surface area (Å²) >= 11 is 0. The van der Waals surface area contributed by atoms with Crippen LogP contribution in [0.4, 0.5) is 0 Å². The van der Waals surface area contributed by atoms with Gasteiger partial charge in [-0.25, -0.2) is 0 Å². The number of hydrogen-bond acceptors (Lipinski definition) is 2. The quantitative estimate of drug-likeness (QED) is 0.641. The van der Waals surface area contributed by atoms with Gasteiger partial charge in [0.25, 0.3) is 0 Å².